The van der Waals surface area contributed by atoms with Crippen LogP contribution in [0.2, 0.25) is 0 Å². The summed E-state index contributed by atoms with van der Waals surface area (Å²) in [5.41, 5.74) is 2.51. The molecule has 8 unspecified atom stereocenters. The Balaban J connectivity index is 0.882. The highest BCUT2D eigenvalue weighted by Gasteiger charge is 2.59. The molecule has 3 saturated carbocycles. The van der Waals surface area contributed by atoms with Crippen LogP contribution in [-0.2, 0) is 9.53 Å². The molecule has 73 heavy (non-hydrogen) atoms. The van der Waals surface area contributed by atoms with Gasteiger partial charge in [0.05, 0.1) is 0 Å². The molecule has 0 bridgehead atoms. The molecule has 2 nitrogen and oxygen atoms in total. The molecule has 0 heterocycles. The van der Waals surface area contributed by atoms with Crippen LogP contribution >= 0.6 is 0 Å². The minimum Gasteiger partial charge on any atom is -0.462 e. The average molecular weight is 1000 g/mol. The second kappa shape index (κ2) is 38.4. The Hall–Kier alpha value is -3.13. The first-order chi connectivity index (χ1) is 35.7. The van der Waals surface area contributed by atoms with Crippen LogP contribution < -0.4 is 0 Å². The van der Waals surface area contributed by atoms with E-state index in [4.69, 9.17) is 4.74 Å². The van der Waals surface area contributed by atoms with Gasteiger partial charge >= 0.3 is 5.97 Å². The zero-order valence-corrected chi connectivity index (χ0v) is 48.6. The molecule has 410 valence electrons. The Labute approximate surface area is 453 Å². The van der Waals surface area contributed by atoms with Crippen LogP contribution in [0.5, 0.6) is 0 Å². The largest absolute Gasteiger partial charge is 0.462 e. The summed E-state index contributed by atoms with van der Waals surface area (Å²) in [6, 6.07) is 0. The van der Waals surface area contributed by atoms with E-state index in [9.17, 15) is 4.79 Å². The molecular weight excluding hydrogens is 885 g/mol. The van der Waals surface area contributed by atoms with Crippen LogP contribution in [-0.4, -0.2) is 12.1 Å². The predicted octanol–water partition coefficient (Wildman–Crippen LogP) is 22.3. The van der Waals surface area contributed by atoms with Gasteiger partial charge in [0.25, 0.3) is 0 Å². The Bertz CT molecular complexity index is 1760. The summed E-state index contributed by atoms with van der Waals surface area (Å²) in [7, 11) is 0. The van der Waals surface area contributed by atoms with E-state index in [1.807, 2.05) is 0 Å². The number of unbranched alkanes of at least 4 members (excludes halogenated alkanes) is 13. The Morgan fingerprint density at radius 2 is 1.00 bits per heavy atom. The number of carbonyl (C=O) groups is 1. The fraction of sp³-hybridized carbons (Fsp3) is 0.704. The number of allylic oxidation sites excluding steroid dienone is 19. The molecule has 0 radical (unpaired) electrons. The predicted molar refractivity (Wildman–Crippen MR) is 322 cm³/mol. The zero-order chi connectivity index (χ0) is 52.1. The van der Waals surface area contributed by atoms with Crippen LogP contribution in [0.1, 0.15) is 266 Å². The summed E-state index contributed by atoms with van der Waals surface area (Å²) in [4.78, 5) is 13.0. The number of rotatable bonds is 39. The first-order valence-corrected chi connectivity index (χ1v) is 31.4. The SMILES string of the molecule is CC/C=C\C/C=C\C/C=C\C/C=C\C/C=C\C/C=C\C/C=C\C/C=C\C/C=C\CCCCCCCCCCCCCCCC(=O)OC1CCC2(C)C(=CCC3C2CCC2(C)C(C(C)CCCC(C)C)CCC32)C1. The van der Waals surface area contributed by atoms with Gasteiger partial charge in [-0.3, -0.25) is 4.79 Å². The van der Waals surface area contributed by atoms with Gasteiger partial charge in [-0.1, -0.05) is 252 Å². The van der Waals surface area contributed by atoms with Gasteiger partial charge in [-0.05, 0) is 168 Å². The lowest BCUT2D eigenvalue weighted by Gasteiger charge is -2.58. The standard InChI is InChI=1S/C71H114O2/c1-7-8-9-10-11-12-13-14-15-16-17-18-19-20-21-22-23-24-25-26-27-28-29-30-31-32-33-34-35-36-37-38-39-40-41-42-43-44-45-46-47-51-69(72)73-64-56-58-70(5)63(60-64)52-53-65-67-55-54-66(62(4)50-48-49-61(2)3)71(67,6)59-57-68(65)70/h8-9,11-12,14-15,17-18,20-21,23-24,26-27,29-30,32-33,52,61-62,64-68H,7,10,13,16,19,22,25,28,31,34-51,53-60H2,1-6H3/b9-8-,12-11-,15-14-,18-17-,21-20-,24-23-,27-26-,30-29-,33-32-. The van der Waals surface area contributed by atoms with Crippen molar-refractivity contribution in [3.8, 4) is 0 Å². The van der Waals surface area contributed by atoms with Crippen molar-refractivity contribution in [2.24, 2.45) is 46.3 Å². The van der Waals surface area contributed by atoms with Crippen molar-refractivity contribution in [3.05, 3.63) is 121 Å². The molecule has 0 aromatic carbocycles. The van der Waals surface area contributed by atoms with Crippen LogP contribution in [0.3, 0.4) is 0 Å². The molecule has 4 rings (SSSR count). The first-order valence-electron chi connectivity index (χ1n) is 31.4. The quantitative estimate of drug-likeness (QED) is 0.0348. The highest BCUT2D eigenvalue weighted by Crippen LogP contribution is 2.67. The topological polar surface area (TPSA) is 26.3 Å². The summed E-state index contributed by atoms with van der Waals surface area (Å²) in [5.74, 6) is 5.28. The van der Waals surface area contributed by atoms with Gasteiger partial charge in [0.2, 0.25) is 0 Å². The van der Waals surface area contributed by atoms with Crippen LogP contribution in [0.15, 0.2) is 121 Å². The summed E-state index contributed by atoms with van der Waals surface area (Å²) in [5, 5.41) is 0. The fourth-order valence-electron chi connectivity index (χ4n) is 13.9. The number of ether oxygens (including phenoxy) is 1. The van der Waals surface area contributed by atoms with Gasteiger partial charge in [-0.2, -0.15) is 0 Å². The van der Waals surface area contributed by atoms with Crippen LogP contribution in [0.25, 0.3) is 0 Å². The molecule has 0 aromatic heterocycles. The van der Waals surface area contributed by atoms with Crippen molar-refractivity contribution in [1.82, 2.24) is 0 Å². The molecule has 4 aliphatic rings. The molecule has 2 heteroatoms. The second-order valence-corrected chi connectivity index (χ2v) is 24.3. The highest BCUT2D eigenvalue weighted by molar-refractivity contribution is 5.69. The van der Waals surface area contributed by atoms with Crippen molar-refractivity contribution in [1.29, 1.82) is 0 Å². The molecule has 4 aliphatic carbocycles. The molecule has 3 fully saturated rings. The monoisotopic (exact) mass is 999 g/mol. The number of esters is 1. The van der Waals surface area contributed by atoms with Gasteiger partial charge < -0.3 is 4.74 Å². The Morgan fingerprint density at radius 3 is 1.49 bits per heavy atom. The lowest BCUT2D eigenvalue weighted by atomic mass is 9.47. The summed E-state index contributed by atoms with van der Waals surface area (Å²) >= 11 is 0. The van der Waals surface area contributed by atoms with Crippen molar-refractivity contribution < 1.29 is 9.53 Å². The first kappa shape index (κ1) is 62.4. The third-order valence-corrected chi connectivity index (χ3v) is 18.2. The maximum Gasteiger partial charge on any atom is 0.306 e. The maximum absolute atomic E-state index is 13.0. The molecule has 0 N–H and O–H groups in total. The third-order valence-electron chi connectivity index (χ3n) is 18.2. The number of fused-ring (bicyclic) bond motifs is 5. The van der Waals surface area contributed by atoms with Gasteiger partial charge in [0.15, 0.2) is 0 Å². The van der Waals surface area contributed by atoms with Crippen molar-refractivity contribution >= 4 is 5.97 Å². The minimum atomic E-state index is 0.0588. The fourth-order valence-corrected chi connectivity index (χ4v) is 13.9. The molecule has 8 atom stereocenters. The van der Waals surface area contributed by atoms with E-state index >= 15 is 0 Å². The molecular formula is C71H114O2. The summed E-state index contributed by atoms with van der Waals surface area (Å²) < 4.78 is 6.18. The Morgan fingerprint density at radius 1 is 0.534 bits per heavy atom. The summed E-state index contributed by atoms with van der Waals surface area (Å²) in [6.45, 7) is 14.8. The normalized spacial score (nSPS) is 26.1. The summed E-state index contributed by atoms with van der Waals surface area (Å²) in [6.07, 6.45) is 86.4. The number of hydrogen-bond acceptors (Lipinski definition) is 2. The van der Waals surface area contributed by atoms with E-state index in [0.29, 0.717) is 17.3 Å². The van der Waals surface area contributed by atoms with Gasteiger partial charge in [-0.15, -0.1) is 0 Å². The number of hydrogen-bond donors (Lipinski definition) is 0. The number of carbonyl (C=O) groups excluding carboxylic acids is 1. The molecule has 0 spiro atoms. The Kier molecular flexibility index (Phi) is 32.8. The van der Waals surface area contributed by atoms with Gasteiger partial charge in [0.1, 0.15) is 6.10 Å². The van der Waals surface area contributed by atoms with Crippen molar-refractivity contribution in [2.45, 2.75) is 272 Å². The molecule has 0 saturated heterocycles. The van der Waals surface area contributed by atoms with E-state index in [2.05, 4.69) is 157 Å². The van der Waals surface area contributed by atoms with Crippen LogP contribution in [0.4, 0.5) is 0 Å². The lowest BCUT2D eigenvalue weighted by Crippen LogP contribution is -2.51. The van der Waals surface area contributed by atoms with E-state index in [0.717, 1.165) is 113 Å². The average Bonchev–Trinajstić information content (AvgIpc) is 3.74. The molecule has 0 aliphatic heterocycles. The van der Waals surface area contributed by atoms with E-state index < -0.39 is 0 Å². The minimum absolute atomic E-state index is 0.0588. The lowest BCUT2D eigenvalue weighted by molar-refractivity contribution is -0.151. The van der Waals surface area contributed by atoms with Crippen molar-refractivity contribution in [2.75, 3.05) is 0 Å². The smallest absolute Gasteiger partial charge is 0.306 e. The van der Waals surface area contributed by atoms with Crippen molar-refractivity contribution in [3.63, 3.8) is 0 Å². The van der Waals surface area contributed by atoms with Crippen LogP contribution in [0, 0.1) is 46.3 Å². The highest BCUT2D eigenvalue weighted by atomic mass is 16.5. The van der Waals surface area contributed by atoms with E-state index in [1.54, 1.807) is 5.57 Å². The molecule has 0 amide bonds. The second-order valence-electron chi connectivity index (χ2n) is 24.3. The van der Waals surface area contributed by atoms with E-state index in [1.165, 1.54) is 141 Å². The maximum atomic E-state index is 13.0. The van der Waals surface area contributed by atoms with E-state index in [-0.39, 0.29) is 12.1 Å². The van der Waals surface area contributed by atoms with Gasteiger partial charge in [0, 0.05) is 12.8 Å². The third kappa shape index (κ3) is 24.6. The zero-order valence-electron chi connectivity index (χ0n) is 48.6. The molecule has 0 aromatic rings. The van der Waals surface area contributed by atoms with Gasteiger partial charge in [-0.25, -0.2) is 0 Å².